The number of ether oxygens (including phenoxy) is 3. The predicted octanol–water partition coefficient (Wildman–Crippen LogP) is 7.37. The number of thioether (sulfide) groups is 1. The van der Waals surface area contributed by atoms with Crippen molar-refractivity contribution in [2.24, 2.45) is 4.99 Å². The molecule has 3 aromatic rings. The molecule has 0 unspecified atom stereocenters. The van der Waals surface area contributed by atoms with Gasteiger partial charge in [-0.25, -0.2) is 4.99 Å². The molecule has 1 fully saturated rings. The number of carbonyl (C=O) groups is 1. The molecule has 0 atom stereocenters. The molecule has 9 heteroatoms. The Balaban J connectivity index is 1.51. The highest BCUT2D eigenvalue weighted by atomic mass is 79.9. The van der Waals surface area contributed by atoms with Crippen LogP contribution in [-0.2, 0) is 11.4 Å². The Morgan fingerprint density at radius 3 is 2.42 bits per heavy atom. The average Bonchev–Trinajstić information content (AvgIpc) is 3.19. The highest BCUT2D eigenvalue weighted by molar-refractivity contribution is 9.10. The second-order valence-corrected chi connectivity index (χ2v) is 9.94. The molecule has 0 radical (unpaired) electrons. The van der Waals surface area contributed by atoms with E-state index in [1.54, 1.807) is 12.1 Å². The fourth-order valence-corrected chi connectivity index (χ4v) is 4.72. The molecule has 0 bridgehead atoms. The van der Waals surface area contributed by atoms with Crippen LogP contribution in [0.25, 0.3) is 6.08 Å². The molecule has 1 heterocycles. The van der Waals surface area contributed by atoms with Crippen LogP contribution < -0.4 is 19.5 Å². The number of rotatable bonds is 9. The van der Waals surface area contributed by atoms with E-state index in [4.69, 9.17) is 25.8 Å². The third-order valence-electron chi connectivity index (χ3n) is 4.96. The van der Waals surface area contributed by atoms with E-state index >= 15 is 0 Å². The fraction of sp³-hybridized carbons (Fsp3) is 0.185. The van der Waals surface area contributed by atoms with Crippen LogP contribution in [0.2, 0.25) is 5.02 Å². The Morgan fingerprint density at radius 2 is 1.72 bits per heavy atom. The number of hydrogen-bond acceptors (Lipinski definition) is 6. The lowest BCUT2D eigenvalue weighted by Crippen LogP contribution is -2.19. The summed E-state index contributed by atoms with van der Waals surface area (Å²) in [7, 11) is 0. The number of benzene rings is 3. The van der Waals surface area contributed by atoms with E-state index in [2.05, 4.69) is 26.2 Å². The summed E-state index contributed by atoms with van der Waals surface area (Å²) in [5.74, 6) is 1.52. The van der Waals surface area contributed by atoms with E-state index in [0.717, 1.165) is 27.0 Å². The summed E-state index contributed by atoms with van der Waals surface area (Å²) in [5.41, 5.74) is 2.44. The third kappa shape index (κ3) is 6.84. The SMILES string of the molecule is CCOc1ccc(N=C2NC(=O)/C(=C\c3cc(Cl)c(OCc4ccc(Br)cc4)c(OCC)c3)S2)cc1. The Hall–Kier alpha value is -2.94. The first-order chi connectivity index (χ1) is 17.4. The maximum atomic E-state index is 12.6. The Morgan fingerprint density at radius 1 is 1.00 bits per heavy atom. The van der Waals surface area contributed by atoms with Crippen LogP contribution in [0.3, 0.4) is 0 Å². The first-order valence-corrected chi connectivity index (χ1v) is 13.3. The highest BCUT2D eigenvalue weighted by Crippen LogP contribution is 2.39. The van der Waals surface area contributed by atoms with E-state index in [1.165, 1.54) is 11.8 Å². The number of amidine groups is 1. The van der Waals surface area contributed by atoms with Gasteiger partial charge in [0.15, 0.2) is 16.7 Å². The zero-order valence-electron chi connectivity index (χ0n) is 19.7. The van der Waals surface area contributed by atoms with E-state index in [0.29, 0.717) is 46.4 Å². The van der Waals surface area contributed by atoms with Crippen molar-refractivity contribution in [1.82, 2.24) is 5.32 Å². The molecule has 3 aromatic carbocycles. The molecule has 1 aliphatic heterocycles. The highest BCUT2D eigenvalue weighted by Gasteiger charge is 2.24. The standard InChI is InChI=1S/C27H24BrClN2O4S/c1-3-33-21-11-9-20(10-12-21)30-27-31-26(32)24(36-27)15-18-13-22(29)25(23(14-18)34-4-2)35-16-17-5-7-19(28)8-6-17/h5-15H,3-4,16H2,1-2H3,(H,30,31,32)/b24-15+. The molecule has 4 rings (SSSR count). The lowest BCUT2D eigenvalue weighted by Gasteiger charge is -2.15. The Kier molecular flexibility index (Phi) is 8.96. The maximum absolute atomic E-state index is 12.6. The van der Waals surface area contributed by atoms with Crippen molar-refractivity contribution in [3.63, 3.8) is 0 Å². The first kappa shape index (κ1) is 26.1. The topological polar surface area (TPSA) is 69.2 Å². The number of hydrogen-bond donors (Lipinski definition) is 1. The van der Waals surface area contributed by atoms with Crippen molar-refractivity contribution in [2.75, 3.05) is 13.2 Å². The van der Waals surface area contributed by atoms with Crippen molar-refractivity contribution in [2.45, 2.75) is 20.5 Å². The van der Waals surface area contributed by atoms with Gasteiger partial charge >= 0.3 is 0 Å². The minimum absolute atomic E-state index is 0.227. The van der Waals surface area contributed by atoms with Crippen LogP contribution in [0.15, 0.2) is 75.0 Å². The molecule has 1 N–H and O–H groups in total. The summed E-state index contributed by atoms with van der Waals surface area (Å²) < 4.78 is 18.2. The van der Waals surface area contributed by atoms with E-state index in [-0.39, 0.29) is 5.91 Å². The summed E-state index contributed by atoms with van der Waals surface area (Å²) in [4.78, 5) is 17.6. The molecule has 1 aliphatic rings. The summed E-state index contributed by atoms with van der Waals surface area (Å²) in [6.45, 7) is 5.21. The number of aliphatic imine (C=N–C) groups is 1. The number of amides is 1. The minimum Gasteiger partial charge on any atom is -0.494 e. The van der Waals surface area contributed by atoms with Gasteiger partial charge in [-0.15, -0.1) is 0 Å². The van der Waals surface area contributed by atoms with Gasteiger partial charge in [0.1, 0.15) is 12.4 Å². The molecule has 36 heavy (non-hydrogen) atoms. The lowest BCUT2D eigenvalue weighted by atomic mass is 10.1. The zero-order valence-corrected chi connectivity index (χ0v) is 22.9. The molecule has 0 saturated carbocycles. The first-order valence-electron chi connectivity index (χ1n) is 11.3. The molecule has 0 aromatic heterocycles. The summed E-state index contributed by atoms with van der Waals surface area (Å²) in [6, 6.07) is 18.8. The van der Waals surface area contributed by atoms with Gasteiger partial charge in [-0.1, -0.05) is 39.7 Å². The largest absolute Gasteiger partial charge is 0.494 e. The van der Waals surface area contributed by atoms with Gasteiger partial charge in [-0.05, 0) is 91.3 Å². The van der Waals surface area contributed by atoms with Gasteiger partial charge < -0.3 is 19.5 Å². The van der Waals surface area contributed by atoms with Gasteiger partial charge in [0.2, 0.25) is 0 Å². The van der Waals surface area contributed by atoms with Crippen LogP contribution in [0.5, 0.6) is 17.2 Å². The number of halogens is 2. The van der Waals surface area contributed by atoms with Crippen molar-refractivity contribution in [3.05, 3.63) is 86.2 Å². The monoisotopic (exact) mass is 586 g/mol. The molecule has 1 saturated heterocycles. The van der Waals surface area contributed by atoms with Crippen LogP contribution in [0.1, 0.15) is 25.0 Å². The Bertz CT molecular complexity index is 1290. The summed E-state index contributed by atoms with van der Waals surface area (Å²) in [6.07, 6.45) is 1.76. The van der Waals surface area contributed by atoms with Crippen molar-refractivity contribution in [3.8, 4) is 17.2 Å². The normalized spacial score (nSPS) is 15.3. The maximum Gasteiger partial charge on any atom is 0.264 e. The second-order valence-electron chi connectivity index (χ2n) is 7.59. The van der Waals surface area contributed by atoms with Gasteiger partial charge in [-0.3, -0.25) is 4.79 Å². The third-order valence-corrected chi connectivity index (χ3v) is 6.67. The minimum atomic E-state index is -0.227. The second kappa shape index (κ2) is 12.3. The van der Waals surface area contributed by atoms with Crippen LogP contribution in [0, 0.1) is 0 Å². The molecule has 1 amide bonds. The smallest absolute Gasteiger partial charge is 0.264 e. The van der Waals surface area contributed by atoms with Gasteiger partial charge in [-0.2, -0.15) is 0 Å². The summed E-state index contributed by atoms with van der Waals surface area (Å²) >= 11 is 11.3. The quantitative estimate of drug-likeness (QED) is 0.265. The summed E-state index contributed by atoms with van der Waals surface area (Å²) in [5, 5.41) is 3.70. The lowest BCUT2D eigenvalue weighted by molar-refractivity contribution is -0.115. The average molecular weight is 588 g/mol. The van der Waals surface area contributed by atoms with Crippen molar-refractivity contribution >= 4 is 62.1 Å². The van der Waals surface area contributed by atoms with Gasteiger partial charge in [0, 0.05) is 4.47 Å². The van der Waals surface area contributed by atoms with Crippen LogP contribution >= 0.6 is 39.3 Å². The van der Waals surface area contributed by atoms with E-state index in [1.807, 2.05) is 68.4 Å². The molecule has 0 spiro atoms. The van der Waals surface area contributed by atoms with Gasteiger partial charge in [0.25, 0.3) is 5.91 Å². The Labute approximate surface area is 227 Å². The van der Waals surface area contributed by atoms with Gasteiger partial charge in [0.05, 0.1) is 28.8 Å². The van der Waals surface area contributed by atoms with E-state index in [9.17, 15) is 4.79 Å². The number of nitrogens with zero attached hydrogens (tertiary/aromatic N) is 1. The van der Waals surface area contributed by atoms with Crippen LogP contribution in [-0.4, -0.2) is 24.3 Å². The van der Waals surface area contributed by atoms with Crippen molar-refractivity contribution < 1.29 is 19.0 Å². The number of nitrogens with one attached hydrogen (secondary N) is 1. The van der Waals surface area contributed by atoms with E-state index < -0.39 is 0 Å². The molecule has 0 aliphatic carbocycles. The predicted molar refractivity (Wildman–Crippen MR) is 150 cm³/mol. The fourth-order valence-electron chi connectivity index (χ4n) is 3.34. The molecule has 186 valence electrons. The number of carbonyl (C=O) groups excluding carboxylic acids is 1. The van der Waals surface area contributed by atoms with Crippen molar-refractivity contribution in [1.29, 1.82) is 0 Å². The zero-order chi connectivity index (χ0) is 25.5. The molecule has 6 nitrogen and oxygen atoms in total. The molecular formula is C27H24BrClN2O4S. The molecular weight excluding hydrogens is 564 g/mol. The van der Waals surface area contributed by atoms with Crippen LogP contribution in [0.4, 0.5) is 5.69 Å².